The second kappa shape index (κ2) is 8.57. The van der Waals surface area contributed by atoms with E-state index in [0.29, 0.717) is 24.8 Å². The molecule has 6 N–H and O–H groups in total. The van der Waals surface area contributed by atoms with E-state index in [1.165, 1.54) is 6.08 Å². The van der Waals surface area contributed by atoms with Crippen molar-refractivity contribution in [2.24, 2.45) is 34.5 Å². The molecule has 9 heteroatoms. The van der Waals surface area contributed by atoms with Crippen LogP contribution in [0.15, 0.2) is 11.6 Å². The summed E-state index contributed by atoms with van der Waals surface area (Å²) in [5, 5.41) is 67.8. The average Bonchev–Trinajstić information content (AvgIpc) is 3.24. The number of ketones is 1. The van der Waals surface area contributed by atoms with Gasteiger partial charge in [0.1, 0.15) is 11.7 Å². The Morgan fingerprint density at radius 2 is 1.66 bits per heavy atom. The van der Waals surface area contributed by atoms with E-state index in [4.69, 9.17) is 4.74 Å². The Morgan fingerprint density at radius 1 is 1.03 bits per heavy atom. The van der Waals surface area contributed by atoms with Crippen LogP contribution in [-0.4, -0.2) is 83.6 Å². The minimum atomic E-state index is -1.84. The van der Waals surface area contributed by atoms with Gasteiger partial charge in [-0.25, -0.2) is 0 Å². The fraction of sp³-hybridized carbons (Fsp3) is 0.862. The third-order valence-electron chi connectivity index (χ3n) is 12.1. The third kappa shape index (κ3) is 3.45. The van der Waals surface area contributed by atoms with Gasteiger partial charge in [0.15, 0.2) is 5.78 Å². The molecule has 1 saturated heterocycles. The predicted octanol–water partition coefficient (Wildman–Crippen LogP) is 1.01. The highest BCUT2D eigenvalue weighted by Gasteiger charge is 2.72. The summed E-state index contributed by atoms with van der Waals surface area (Å²) >= 11 is 0. The van der Waals surface area contributed by atoms with E-state index in [1.807, 2.05) is 6.92 Å². The maximum absolute atomic E-state index is 13.4. The SMILES string of the molecule is C[C@@H]1OC(=O)[C@@H](C)[C@@H]1C[C@@H](O)[C@](C)(O)[C@H]1CC[C@@]2(O)C3=CC(=O)[C@]4(O)C[C@@H](O)[C@@H](O)C[C@]4(C)[C@H]3CC[C@]12C. The lowest BCUT2D eigenvalue weighted by Crippen LogP contribution is -2.69. The zero-order valence-corrected chi connectivity index (χ0v) is 23.1. The zero-order chi connectivity index (χ0) is 28.2. The second-order valence-corrected chi connectivity index (χ2v) is 13.8. The van der Waals surface area contributed by atoms with Crippen LogP contribution in [0, 0.1) is 34.5 Å². The summed E-state index contributed by atoms with van der Waals surface area (Å²) in [5.74, 6) is -2.39. The van der Waals surface area contributed by atoms with Crippen LogP contribution in [-0.2, 0) is 14.3 Å². The molecule has 0 radical (unpaired) electrons. The van der Waals surface area contributed by atoms with Gasteiger partial charge < -0.3 is 35.4 Å². The summed E-state index contributed by atoms with van der Waals surface area (Å²) in [5.41, 5.74) is -6.26. The van der Waals surface area contributed by atoms with E-state index < -0.39 is 57.6 Å². The first kappa shape index (κ1) is 28.2. The summed E-state index contributed by atoms with van der Waals surface area (Å²) in [7, 11) is 0. The van der Waals surface area contributed by atoms with Gasteiger partial charge in [0.25, 0.3) is 0 Å². The number of hydrogen-bond acceptors (Lipinski definition) is 9. The summed E-state index contributed by atoms with van der Waals surface area (Å²) < 4.78 is 5.33. The monoisotopic (exact) mass is 536 g/mol. The fourth-order valence-electron chi connectivity index (χ4n) is 9.38. The zero-order valence-electron chi connectivity index (χ0n) is 23.1. The first-order valence-corrected chi connectivity index (χ1v) is 14.1. The molecule has 0 bridgehead atoms. The molecule has 214 valence electrons. The van der Waals surface area contributed by atoms with E-state index in [1.54, 1.807) is 27.7 Å². The molecule has 5 rings (SSSR count). The van der Waals surface area contributed by atoms with Crippen molar-refractivity contribution < 1.29 is 45.0 Å². The van der Waals surface area contributed by atoms with Crippen molar-refractivity contribution in [1.82, 2.24) is 0 Å². The van der Waals surface area contributed by atoms with Crippen LogP contribution in [0.3, 0.4) is 0 Å². The number of aliphatic hydroxyl groups excluding tert-OH is 3. The molecular weight excluding hydrogens is 492 g/mol. The number of carbonyl (C=O) groups is 2. The lowest BCUT2D eigenvalue weighted by molar-refractivity contribution is -0.211. The highest BCUT2D eigenvalue weighted by atomic mass is 16.6. The van der Waals surface area contributed by atoms with Crippen molar-refractivity contribution in [3.8, 4) is 0 Å². The Bertz CT molecular complexity index is 1050. The number of carbonyl (C=O) groups excluding carboxylic acids is 2. The molecule has 1 heterocycles. The summed E-state index contributed by atoms with van der Waals surface area (Å²) in [6, 6.07) is 0. The highest BCUT2D eigenvalue weighted by Crippen LogP contribution is 2.69. The molecule has 9 nitrogen and oxygen atoms in total. The second-order valence-electron chi connectivity index (χ2n) is 13.8. The van der Waals surface area contributed by atoms with Crippen LogP contribution >= 0.6 is 0 Å². The predicted molar refractivity (Wildman–Crippen MR) is 135 cm³/mol. The normalized spacial score (nSPS) is 52.8. The first-order chi connectivity index (χ1) is 17.4. The molecule has 5 aliphatic rings. The number of aliphatic hydroxyl groups is 6. The molecule has 0 aromatic heterocycles. The Kier molecular flexibility index (Phi) is 6.36. The van der Waals surface area contributed by atoms with E-state index in [9.17, 15) is 40.2 Å². The third-order valence-corrected chi connectivity index (χ3v) is 12.1. The molecule has 4 fully saturated rings. The lowest BCUT2D eigenvalue weighted by atomic mass is 9.44. The number of cyclic esters (lactones) is 1. The number of rotatable bonds is 4. The molecule has 1 aliphatic heterocycles. The van der Waals surface area contributed by atoms with Gasteiger partial charge in [-0.15, -0.1) is 0 Å². The van der Waals surface area contributed by atoms with Crippen molar-refractivity contribution in [3.05, 3.63) is 11.6 Å². The maximum Gasteiger partial charge on any atom is 0.309 e. The molecular formula is C29H44O9. The standard InChI is InChI=1S/C29H44O9/c1-14-16(15(2)38-24(14)34)10-22(32)27(5,35)21-7-9-28(36)18-11-23(33)29(37)13-20(31)19(30)12-26(29,4)17(18)6-8-25(21,28)3/h11,14-17,19-22,30-32,35-37H,6-10,12-13H2,1-5H3/t14-,15-,16-,17-,19-,20+,21-,22+,25+,26+,27+,28+,29+/m0/s1. The Hall–Kier alpha value is -1.36. The summed E-state index contributed by atoms with van der Waals surface area (Å²) in [4.78, 5) is 25.4. The van der Waals surface area contributed by atoms with Gasteiger partial charge in [-0.3, -0.25) is 9.59 Å². The Balaban J connectivity index is 1.47. The van der Waals surface area contributed by atoms with Gasteiger partial charge in [-0.05, 0) is 75.9 Å². The van der Waals surface area contributed by atoms with Gasteiger partial charge in [-0.2, -0.15) is 0 Å². The lowest BCUT2D eigenvalue weighted by Gasteiger charge is -2.62. The minimum Gasteiger partial charge on any atom is -0.462 e. The molecule has 0 aromatic rings. The Morgan fingerprint density at radius 3 is 2.26 bits per heavy atom. The van der Waals surface area contributed by atoms with Gasteiger partial charge in [-0.1, -0.05) is 20.8 Å². The van der Waals surface area contributed by atoms with Gasteiger partial charge in [0.2, 0.25) is 0 Å². The number of ether oxygens (including phenoxy) is 1. The van der Waals surface area contributed by atoms with Crippen LogP contribution in [0.1, 0.15) is 79.6 Å². The van der Waals surface area contributed by atoms with Gasteiger partial charge in [0, 0.05) is 23.2 Å². The van der Waals surface area contributed by atoms with Crippen LogP contribution < -0.4 is 0 Å². The maximum atomic E-state index is 13.4. The van der Waals surface area contributed by atoms with Crippen LogP contribution in [0.5, 0.6) is 0 Å². The van der Waals surface area contributed by atoms with Crippen LogP contribution in [0.25, 0.3) is 0 Å². The highest BCUT2D eigenvalue weighted by molar-refractivity contribution is 6.00. The van der Waals surface area contributed by atoms with Crippen molar-refractivity contribution in [2.45, 2.75) is 121 Å². The van der Waals surface area contributed by atoms with Crippen molar-refractivity contribution in [2.75, 3.05) is 0 Å². The van der Waals surface area contributed by atoms with E-state index >= 15 is 0 Å². The van der Waals surface area contributed by atoms with Crippen molar-refractivity contribution in [1.29, 1.82) is 0 Å². The van der Waals surface area contributed by atoms with Gasteiger partial charge in [0.05, 0.1) is 35.4 Å². The molecule has 38 heavy (non-hydrogen) atoms. The van der Waals surface area contributed by atoms with E-state index in [2.05, 4.69) is 0 Å². The van der Waals surface area contributed by atoms with E-state index in [-0.39, 0.29) is 55.5 Å². The molecule has 3 saturated carbocycles. The number of fused-ring (bicyclic) bond motifs is 5. The molecule has 0 amide bonds. The summed E-state index contributed by atoms with van der Waals surface area (Å²) in [6.07, 6.45) is -0.805. The average molecular weight is 537 g/mol. The van der Waals surface area contributed by atoms with Crippen molar-refractivity contribution in [3.63, 3.8) is 0 Å². The largest absolute Gasteiger partial charge is 0.462 e. The van der Waals surface area contributed by atoms with Crippen LogP contribution in [0.2, 0.25) is 0 Å². The van der Waals surface area contributed by atoms with Crippen LogP contribution in [0.4, 0.5) is 0 Å². The summed E-state index contributed by atoms with van der Waals surface area (Å²) in [6.45, 7) is 8.83. The molecule has 13 atom stereocenters. The number of esters is 1. The van der Waals surface area contributed by atoms with Gasteiger partial charge >= 0.3 is 5.97 Å². The molecule has 0 aromatic carbocycles. The quantitative estimate of drug-likeness (QED) is 0.288. The smallest absolute Gasteiger partial charge is 0.309 e. The fourth-order valence-corrected chi connectivity index (χ4v) is 9.38. The molecule has 0 unspecified atom stereocenters. The van der Waals surface area contributed by atoms with Crippen molar-refractivity contribution >= 4 is 11.8 Å². The topological polar surface area (TPSA) is 165 Å². The first-order valence-electron chi connectivity index (χ1n) is 14.1. The number of hydrogen-bond donors (Lipinski definition) is 6. The van der Waals surface area contributed by atoms with E-state index in [0.717, 1.165) is 0 Å². The molecule has 4 aliphatic carbocycles. The minimum absolute atomic E-state index is 0.0314. The Labute approximate surface area is 223 Å². The molecule has 0 spiro atoms.